The highest BCUT2D eigenvalue weighted by molar-refractivity contribution is 5.55. The highest BCUT2D eigenvalue weighted by atomic mass is 19.1. The molecule has 26 heavy (non-hydrogen) atoms. The predicted molar refractivity (Wildman–Crippen MR) is 98.5 cm³/mol. The van der Waals surface area contributed by atoms with Crippen molar-refractivity contribution in [1.82, 2.24) is 19.9 Å². The second-order valence-electron chi connectivity index (χ2n) is 6.30. The minimum atomic E-state index is -0.211. The van der Waals surface area contributed by atoms with Crippen molar-refractivity contribution in [2.24, 2.45) is 0 Å². The molecule has 0 radical (unpaired) electrons. The molecule has 0 aliphatic carbocycles. The zero-order valence-electron chi connectivity index (χ0n) is 14.5. The Kier molecular flexibility index (Phi) is 4.43. The number of hydrogen-bond acceptors (Lipinski definition) is 6. The maximum Gasteiger partial charge on any atom is 0.226 e. The summed E-state index contributed by atoms with van der Waals surface area (Å²) in [6, 6.07) is 8.76. The van der Waals surface area contributed by atoms with Crippen LogP contribution in [-0.2, 0) is 0 Å². The van der Waals surface area contributed by atoms with Crippen LogP contribution in [0.4, 0.5) is 16.0 Å². The molecule has 4 rings (SSSR count). The molecule has 0 N–H and O–H groups in total. The summed E-state index contributed by atoms with van der Waals surface area (Å²) in [5.41, 5.74) is 2.38. The summed E-state index contributed by atoms with van der Waals surface area (Å²) >= 11 is 0. The Labute approximate surface area is 151 Å². The summed E-state index contributed by atoms with van der Waals surface area (Å²) in [4.78, 5) is 21.9. The van der Waals surface area contributed by atoms with Gasteiger partial charge in [-0.25, -0.2) is 14.4 Å². The number of nitrogens with zero attached hydrogens (tertiary/aromatic N) is 6. The van der Waals surface area contributed by atoms with Crippen LogP contribution in [0, 0.1) is 5.82 Å². The lowest BCUT2D eigenvalue weighted by Crippen LogP contribution is -2.52. The molecular formula is C19H19FN6. The fraction of sp³-hybridized carbons (Fsp3) is 0.263. The van der Waals surface area contributed by atoms with Crippen LogP contribution in [0.25, 0.3) is 11.4 Å². The van der Waals surface area contributed by atoms with E-state index in [1.54, 1.807) is 36.9 Å². The maximum absolute atomic E-state index is 13.5. The summed E-state index contributed by atoms with van der Waals surface area (Å²) in [6.45, 7) is 4.46. The second kappa shape index (κ2) is 7.03. The first-order valence-electron chi connectivity index (χ1n) is 8.57. The van der Waals surface area contributed by atoms with Gasteiger partial charge in [-0.3, -0.25) is 9.97 Å². The molecule has 6 nitrogen and oxygen atoms in total. The van der Waals surface area contributed by atoms with Crippen LogP contribution in [0.15, 0.2) is 55.1 Å². The SMILES string of the molecule is CC1CN(c2cccc(F)c2)CCN1c1nccc(-c2cnccn2)n1. The van der Waals surface area contributed by atoms with E-state index < -0.39 is 0 Å². The molecule has 0 amide bonds. The van der Waals surface area contributed by atoms with Crippen molar-refractivity contribution in [3.63, 3.8) is 0 Å². The average Bonchev–Trinajstić information content (AvgIpc) is 2.69. The Balaban J connectivity index is 1.53. The molecule has 1 aromatic carbocycles. The topological polar surface area (TPSA) is 58.0 Å². The third kappa shape index (κ3) is 3.33. The lowest BCUT2D eigenvalue weighted by molar-refractivity contribution is 0.539. The first-order chi connectivity index (χ1) is 12.7. The molecule has 3 aromatic rings. The molecule has 3 heterocycles. The van der Waals surface area contributed by atoms with Gasteiger partial charge in [0.2, 0.25) is 5.95 Å². The van der Waals surface area contributed by atoms with E-state index in [0.717, 1.165) is 36.7 Å². The van der Waals surface area contributed by atoms with Crippen LogP contribution in [0.2, 0.25) is 0 Å². The summed E-state index contributed by atoms with van der Waals surface area (Å²) in [5, 5.41) is 0. The Morgan fingerprint density at radius 1 is 1.04 bits per heavy atom. The minimum absolute atomic E-state index is 0.198. The molecule has 0 saturated carbocycles. The number of benzene rings is 1. The first kappa shape index (κ1) is 16.4. The maximum atomic E-state index is 13.5. The number of anilines is 2. The smallest absolute Gasteiger partial charge is 0.226 e. The molecule has 0 spiro atoms. The molecule has 1 saturated heterocycles. The van der Waals surface area contributed by atoms with Crippen molar-refractivity contribution >= 4 is 11.6 Å². The van der Waals surface area contributed by atoms with E-state index in [1.807, 2.05) is 12.1 Å². The van der Waals surface area contributed by atoms with Gasteiger partial charge in [0.05, 0.1) is 11.9 Å². The minimum Gasteiger partial charge on any atom is -0.368 e. The van der Waals surface area contributed by atoms with Gasteiger partial charge in [0.25, 0.3) is 0 Å². The van der Waals surface area contributed by atoms with Crippen LogP contribution < -0.4 is 9.80 Å². The Morgan fingerprint density at radius 3 is 2.73 bits per heavy atom. The fourth-order valence-electron chi connectivity index (χ4n) is 3.22. The zero-order chi connectivity index (χ0) is 17.9. The second-order valence-corrected chi connectivity index (χ2v) is 6.30. The van der Waals surface area contributed by atoms with Crippen LogP contribution in [0.1, 0.15) is 6.92 Å². The van der Waals surface area contributed by atoms with Gasteiger partial charge in [-0.2, -0.15) is 0 Å². The summed E-state index contributed by atoms with van der Waals surface area (Å²) in [6.07, 6.45) is 6.73. The van der Waals surface area contributed by atoms with E-state index in [4.69, 9.17) is 0 Å². The van der Waals surface area contributed by atoms with Crippen LogP contribution in [0.3, 0.4) is 0 Å². The molecule has 0 bridgehead atoms. The molecular weight excluding hydrogens is 331 g/mol. The molecule has 1 aliphatic heterocycles. The average molecular weight is 350 g/mol. The molecule has 2 aromatic heterocycles. The third-order valence-corrected chi connectivity index (χ3v) is 4.53. The number of piperazine rings is 1. The van der Waals surface area contributed by atoms with Gasteiger partial charge in [0, 0.05) is 50.0 Å². The molecule has 1 aliphatic rings. The van der Waals surface area contributed by atoms with Crippen molar-refractivity contribution in [1.29, 1.82) is 0 Å². The van der Waals surface area contributed by atoms with Crippen molar-refractivity contribution in [3.05, 3.63) is 60.9 Å². The third-order valence-electron chi connectivity index (χ3n) is 4.53. The first-order valence-corrected chi connectivity index (χ1v) is 8.57. The Morgan fingerprint density at radius 2 is 1.96 bits per heavy atom. The monoisotopic (exact) mass is 350 g/mol. The van der Waals surface area contributed by atoms with Crippen LogP contribution >= 0.6 is 0 Å². The molecule has 132 valence electrons. The van der Waals surface area contributed by atoms with Gasteiger partial charge in [-0.1, -0.05) is 6.07 Å². The van der Waals surface area contributed by atoms with E-state index in [9.17, 15) is 4.39 Å². The lowest BCUT2D eigenvalue weighted by Gasteiger charge is -2.41. The quantitative estimate of drug-likeness (QED) is 0.724. The van der Waals surface area contributed by atoms with Crippen molar-refractivity contribution in [2.75, 3.05) is 29.4 Å². The number of aromatic nitrogens is 4. The van der Waals surface area contributed by atoms with E-state index in [1.165, 1.54) is 6.07 Å². The largest absolute Gasteiger partial charge is 0.368 e. The zero-order valence-corrected chi connectivity index (χ0v) is 14.5. The van der Waals surface area contributed by atoms with Crippen molar-refractivity contribution in [2.45, 2.75) is 13.0 Å². The van der Waals surface area contributed by atoms with Gasteiger partial charge in [0.15, 0.2) is 0 Å². The van der Waals surface area contributed by atoms with E-state index in [2.05, 4.69) is 36.7 Å². The number of rotatable bonds is 3. The van der Waals surface area contributed by atoms with E-state index in [-0.39, 0.29) is 11.9 Å². The Bertz CT molecular complexity index is 888. The highest BCUT2D eigenvalue weighted by Crippen LogP contribution is 2.23. The Hall–Kier alpha value is -3.09. The lowest BCUT2D eigenvalue weighted by atomic mass is 10.1. The molecule has 1 atom stereocenters. The van der Waals surface area contributed by atoms with Crippen molar-refractivity contribution in [3.8, 4) is 11.4 Å². The van der Waals surface area contributed by atoms with E-state index in [0.29, 0.717) is 5.95 Å². The van der Waals surface area contributed by atoms with Crippen molar-refractivity contribution < 1.29 is 4.39 Å². The molecule has 7 heteroatoms. The van der Waals surface area contributed by atoms with Gasteiger partial charge >= 0.3 is 0 Å². The van der Waals surface area contributed by atoms with Gasteiger partial charge in [-0.15, -0.1) is 0 Å². The fourth-order valence-corrected chi connectivity index (χ4v) is 3.22. The standard InChI is InChI=1S/C19H19FN6/c1-14-13-25(16-4-2-3-15(20)11-16)9-10-26(14)19-23-6-5-17(24-19)18-12-21-7-8-22-18/h2-8,11-12,14H,9-10,13H2,1H3. The summed E-state index contributed by atoms with van der Waals surface area (Å²) < 4.78 is 13.5. The van der Waals surface area contributed by atoms with Crippen LogP contribution in [0.5, 0.6) is 0 Å². The van der Waals surface area contributed by atoms with Gasteiger partial charge in [0.1, 0.15) is 11.5 Å². The van der Waals surface area contributed by atoms with Gasteiger partial charge < -0.3 is 9.80 Å². The summed E-state index contributed by atoms with van der Waals surface area (Å²) in [5.74, 6) is 0.470. The molecule has 1 fully saturated rings. The summed E-state index contributed by atoms with van der Waals surface area (Å²) in [7, 11) is 0. The predicted octanol–water partition coefficient (Wildman–Crippen LogP) is 2.79. The van der Waals surface area contributed by atoms with E-state index >= 15 is 0 Å². The van der Waals surface area contributed by atoms with Crippen LogP contribution in [-0.4, -0.2) is 45.6 Å². The normalized spacial score (nSPS) is 17.4. The number of hydrogen-bond donors (Lipinski definition) is 0. The number of halogens is 1. The molecule has 1 unspecified atom stereocenters. The van der Waals surface area contributed by atoms with Gasteiger partial charge in [-0.05, 0) is 31.2 Å². The highest BCUT2D eigenvalue weighted by Gasteiger charge is 2.26.